The molecule has 0 aromatic heterocycles. The van der Waals surface area contributed by atoms with E-state index in [1.807, 2.05) is 18.7 Å². The summed E-state index contributed by atoms with van der Waals surface area (Å²) < 4.78 is 4.82. The molecule has 0 N–H and O–H groups in total. The number of hydrogen-bond donors (Lipinski definition) is 0. The SMILES string of the molecule is CCC1C[CH-]C(=O)O1.C[CH-]CC(C)CC.C[CH-]CC(CC)SC.[Y].[Y].[Y]. The van der Waals surface area contributed by atoms with Crippen LogP contribution < -0.4 is 0 Å². The maximum atomic E-state index is 10.3. The average Bonchev–Trinajstić information content (AvgIpc) is 2.99. The minimum Gasteiger partial charge on any atom is -0.487 e. The monoisotopic (exact) mass is 610 g/mol. The summed E-state index contributed by atoms with van der Waals surface area (Å²) in [6.07, 6.45) is 15.3. The van der Waals surface area contributed by atoms with Gasteiger partial charge in [-0.05, 0) is 24.3 Å². The van der Waals surface area contributed by atoms with Gasteiger partial charge in [0.15, 0.2) is 5.97 Å². The van der Waals surface area contributed by atoms with Crippen LogP contribution in [-0.2, 0) is 108 Å². The molecule has 0 aromatic rings. The molecule has 3 unspecified atom stereocenters. The van der Waals surface area contributed by atoms with E-state index in [9.17, 15) is 4.79 Å². The van der Waals surface area contributed by atoms with Gasteiger partial charge in [0.05, 0.1) is 6.10 Å². The van der Waals surface area contributed by atoms with Crippen molar-refractivity contribution in [3.63, 3.8) is 0 Å². The zero-order valence-electron chi connectivity index (χ0n) is 18.2. The second-order valence-corrected chi connectivity index (χ2v) is 7.11. The third-order valence-corrected chi connectivity index (χ3v) is 5.10. The summed E-state index contributed by atoms with van der Waals surface area (Å²) in [6.45, 7) is 13.0. The van der Waals surface area contributed by atoms with Crippen molar-refractivity contribution in [1.82, 2.24) is 0 Å². The van der Waals surface area contributed by atoms with E-state index in [0.29, 0.717) is 0 Å². The number of rotatable bonds is 8. The number of cyclic esters (lactones) is 1. The Kier molecular flexibility index (Phi) is 45.8. The van der Waals surface area contributed by atoms with Crippen LogP contribution in [0.4, 0.5) is 0 Å². The number of ether oxygens (including phenoxy) is 1. The first-order valence-electron chi connectivity index (χ1n) is 9.10. The Balaban J connectivity index is -0.0000000804. The third-order valence-electron chi connectivity index (χ3n) is 3.91. The van der Waals surface area contributed by atoms with Crippen molar-refractivity contribution >= 4 is 17.7 Å². The van der Waals surface area contributed by atoms with Crippen LogP contribution in [0.5, 0.6) is 0 Å². The smallest absolute Gasteiger partial charge is 0.167 e. The van der Waals surface area contributed by atoms with Gasteiger partial charge in [0.2, 0.25) is 0 Å². The van der Waals surface area contributed by atoms with E-state index in [1.54, 1.807) is 6.42 Å². The Bertz CT molecular complexity index is 265. The summed E-state index contributed by atoms with van der Waals surface area (Å²) in [5.41, 5.74) is 0. The normalized spacial score (nSPS) is 16.4. The first-order valence-corrected chi connectivity index (χ1v) is 10.4. The number of esters is 1. The third kappa shape index (κ3) is 27.0. The zero-order chi connectivity index (χ0) is 18.1. The Hall–Kier alpha value is 3.00. The van der Waals surface area contributed by atoms with Crippen LogP contribution in [0.1, 0.15) is 80.1 Å². The minimum absolute atomic E-state index is 0. The van der Waals surface area contributed by atoms with Crippen molar-refractivity contribution in [1.29, 1.82) is 0 Å². The van der Waals surface area contributed by atoms with E-state index in [4.69, 9.17) is 4.74 Å². The van der Waals surface area contributed by atoms with Gasteiger partial charge in [-0.1, -0.05) is 40.0 Å². The predicted molar refractivity (Wildman–Crippen MR) is 105 cm³/mol. The molecule has 0 amide bonds. The molecule has 1 heterocycles. The van der Waals surface area contributed by atoms with Gasteiger partial charge in [0.1, 0.15) is 0 Å². The minimum atomic E-state index is -0.156. The van der Waals surface area contributed by atoms with Gasteiger partial charge < -0.3 is 17.6 Å². The average molecular weight is 610 g/mol. The Morgan fingerprint density at radius 2 is 1.65 bits per heavy atom. The van der Waals surface area contributed by atoms with E-state index < -0.39 is 0 Å². The molecular formula is C20H39O2SY3-3. The summed E-state index contributed by atoms with van der Waals surface area (Å²) in [7, 11) is 0. The second kappa shape index (κ2) is 30.2. The van der Waals surface area contributed by atoms with Crippen LogP contribution in [0, 0.1) is 25.2 Å². The summed E-state index contributed by atoms with van der Waals surface area (Å²) in [5.74, 6) is 0.738. The van der Waals surface area contributed by atoms with Gasteiger partial charge in [-0.3, -0.25) is 11.2 Å². The Labute approximate surface area is 244 Å². The summed E-state index contributed by atoms with van der Waals surface area (Å²) in [6, 6.07) is 0. The molecule has 26 heavy (non-hydrogen) atoms. The van der Waals surface area contributed by atoms with Crippen molar-refractivity contribution in [2.75, 3.05) is 6.26 Å². The van der Waals surface area contributed by atoms with Crippen LogP contribution in [0.3, 0.4) is 0 Å². The zero-order valence-corrected chi connectivity index (χ0v) is 27.5. The van der Waals surface area contributed by atoms with Crippen LogP contribution in [0.2, 0.25) is 0 Å². The molecule has 0 bridgehead atoms. The van der Waals surface area contributed by atoms with E-state index in [0.717, 1.165) is 24.0 Å². The van der Waals surface area contributed by atoms with Gasteiger partial charge in [0, 0.05) is 98.1 Å². The first kappa shape index (κ1) is 39.5. The van der Waals surface area contributed by atoms with Crippen LogP contribution in [0.25, 0.3) is 0 Å². The second-order valence-electron chi connectivity index (χ2n) is 5.97. The van der Waals surface area contributed by atoms with Crippen LogP contribution >= 0.6 is 11.8 Å². The molecular weight excluding hydrogens is 571 g/mol. The Morgan fingerprint density at radius 3 is 1.81 bits per heavy atom. The molecule has 0 aliphatic carbocycles. The van der Waals surface area contributed by atoms with E-state index >= 15 is 0 Å². The van der Waals surface area contributed by atoms with Crippen LogP contribution in [-0.4, -0.2) is 23.6 Å². The maximum absolute atomic E-state index is 10.3. The first-order chi connectivity index (χ1) is 11.0. The molecule has 0 spiro atoms. The molecule has 3 atom stereocenters. The molecule has 0 saturated carbocycles. The van der Waals surface area contributed by atoms with Gasteiger partial charge in [0.25, 0.3) is 0 Å². The van der Waals surface area contributed by atoms with Gasteiger partial charge in [-0.2, -0.15) is 38.5 Å². The number of carbonyl (C=O) groups excluding carboxylic acids is 1. The molecule has 3 radical (unpaired) electrons. The summed E-state index contributed by atoms with van der Waals surface area (Å²) in [4.78, 5) is 10.3. The maximum Gasteiger partial charge on any atom is 0.167 e. The van der Waals surface area contributed by atoms with Crippen molar-refractivity contribution < 1.29 is 108 Å². The Morgan fingerprint density at radius 1 is 1.12 bits per heavy atom. The molecule has 6 heteroatoms. The number of hydrogen-bond acceptors (Lipinski definition) is 3. The molecule has 1 aliphatic rings. The fourth-order valence-corrected chi connectivity index (χ4v) is 2.72. The van der Waals surface area contributed by atoms with Gasteiger partial charge in [-0.25, -0.2) is 0 Å². The fraction of sp³-hybridized carbons (Fsp3) is 0.800. The van der Waals surface area contributed by atoms with Crippen LogP contribution in [0.15, 0.2) is 0 Å². The van der Waals surface area contributed by atoms with E-state index in [-0.39, 0.29) is 110 Å². The topological polar surface area (TPSA) is 26.3 Å². The van der Waals surface area contributed by atoms with Crippen molar-refractivity contribution in [3.05, 3.63) is 19.3 Å². The molecule has 1 saturated heterocycles. The molecule has 1 rings (SSSR count). The quantitative estimate of drug-likeness (QED) is 0.239. The van der Waals surface area contributed by atoms with Crippen molar-refractivity contribution in [3.8, 4) is 0 Å². The fourth-order valence-electron chi connectivity index (χ4n) is 2.00. The van der Waals surface area contributed by atoms with Gasteiger partial charge in [-0.15, -0.1) is 6.42 Å². The molecule has 1 aliphatic heterocycles. The predicted octanol–water partition coefficient (Wildman–Crippen LogP) is 6.30. The molecule has 149 valence electrons. The number of thioether (sulfide) groups is 1. The largest absolute Gasteiger partial charge is 0.487 e. The molecule has 2 nitrogen and oxygen atoms in total. The standard InChI is InChI=1S/C7H15S.C7H15.C6H9O2.3Y/c1-4-6-7(5-2)8-3;1-4-6-7(3)5-2;1-2-5-3-4-6(7)8-5;;;/h4,7H,5-6H2,1-3H3;4,7H,5-6H2,1-3H3;4-5H,2-3H2,1H3;;;/q3*-1;;;. The van der Waals surface area contributed by atoms with E-state index in [2.05, 4.69) is 53.7 Å². The van der Waals surface area contributed by atoms with E-state index in [1.165, 1.54) is 25.7 Å². The molecule has 1 fully saturated rings. The summed E-state index contributed by atoms with van der Waals surface area (Å²) in [5, 5.41) is 0.861. The summed E-state index contributed by atoms with van der Waals surface area (Å²) >= 11 is 1.96. The molecule has 0 aromatic carbocycles. The van der Waals surface area contributed by atoms with Crippen molar-refractivity contribution in [2.24, 2.45) is 5.92 Å². The number of carbonyl (C=O) groups is 1. The van der Waals surface area contributed by atoms with Crippen molar-refractivity contribution in [2.45, 2.75) is 91.4 Å². The van der Waals surface area contributed by atoms with Gasteiger partial charge >= 0.3 is 0 Å².